The summed E-state index contributed by atoms with van der Waals surface area (Å²) < 4.78 is 7.18. The van der Waals surface area contributed by atoms with E-state index in [1.807, 2.05) is 19.1 Å². The van der Waals surface area contributed by atoms with Crippen LogP contribution in [0.4, 0.5) is 0 Å². The number of nitrogens with two attached hydrogens (primary N) is 1. The standard InChI is InChI=1S/C17H22BrNOS/c1-4-11(2)13-5-7-15(8-6-13)20-17(12(3)19)16-9-14(18)10-21-16/h5-12,17H,4,19H2,1-3H3. The largest absolute Gasteiger partial charge is 0.483 e. The Morgan fingerprint density at radius 3 is 2.38 bits per heavy atom. The number of benzene rings is 1. The topological polar surface area (TPSA) is 35.2 Å². The fraction of sp³-hybridized carbons (Fsp3) is 0.412. The monoisotopic (exact) mass is 367 g/mol. The van der Waals surface area contributed by atoms with E-state index in [9.17, 15) is 0 Å². The van der Waals surface area contributed by atoms with Gasteiger partial charge >= 0.3 is 0 Å². The molecule has 1 aromatic heterocycles. The van der Waals surface area contributed by atoms with Crippen molar-refractivity contribution in [1.82, 2.24) is 0 Å². The minimum atomic E-state index is -0.115. The highest BCUT2D eigenvalue weighted by Crippen LogP contribution is 2.31. The maximum Gasteiger partial charge on any atom is 0.148 e. The van der Waals surface area contributed by atoms with E-state index < -0.39 is 0 Å². The Balaban J connectivity index is 2.14. The van der Waals surface area contributed by atoms with Gasteiger partial charge in [-0.25, -0.2) is 0 Å². The predicted molar refractivity (Wildman–Crippen MR) is 94.2 cm³/mol. The highest BCUT2D eigenvalue weighted by molar-refractivity contribution is 9.10. The van der Waals surface area contributed by atoms with E-state index in [0.717, 1.165) is 21.5 Å². The van der Waals surface area contributed by atoms with Gasteiger partial charge in [-0.2, -0.15) is 0 Å². The SMILES string of the molecule is CCC(C)c1ccc(OC(c2cc(Br)cs2)C(C)N)cc1. The van der Waals surface area contributed by atoms with E-state index in [2.05, 4.69) is 53.4 Å². The summed E-state index contributed by atoms with van der Waals surface area (Å²) >= 11 is 5.15. The molecular weight excluding hydrogens is 346 g/mol. The molecule has 3 atom stereocenters. The van der Waals surface area contributed by atoms with E-state index >= 15 is 0 Å². The Kier molecular flexibility index (Phi) is 5.85. The molecule has 2 N–H and O–H groups in total. The third-order valence-electron chi connectivity index (χ3n) is 3.67. The molecule has 0 bridgehead atoms. The Morgan fingerprint density at radius 1 is 1.24 bits per heavy atom. The molecule has 114 valence electrons. The van der Waals surface area contributed by atoms with E-state index in [1.54, 1.807) is 11.3 Å². The van der Waals surface area contributed by atoms with Gasteiger partial charge in [0, 0.05) is 20.8 Å². The van der Waals surface area contributed by atoms with Crippen molar-refractivity contribution in [3.63, 3.8) is 0 Å². The minimum absolute atomic E-state index is 0.0650. The molecular formula is C17H22BrNOS. The van der Waals surface area contributed by atoms with Crippen molar-refractivity contribution in [2.45, 2.75) is 45.3 Å². The van der Waals surface area contributed by atoms with Gasteiger partial charge in [-0.15, -0.1) is 11.3 Å². The highest BCUT2D eigenvalue weighted by Gasteiger charge is 2.20. The van der Waals surface area contributed by atoms with E-state index in [0.29, 0.717) is 5.92 Å². The summed E-state index contributed by atoms with van der Waals surface area (Å²) in [6.07, 6.45) is 1.03. The lowest BCUT2D eigenvalue weighted by Gasteiger charge is -2.21. The van der Waals surface area contributed by atoms with Crippen molar-refractivity contribution >= 4 is 27.3 Å². The molecule has 2 rings (SSSR count). The first kappa shape index (κ1) is 16.5. The molecule has 0 fully saturated rings. The molecule has 0 saturated heterocycles. The summed E-state index contributed by atoms with van der Waals surface area (Å²) in [5.74, 6) is 1.45. The maximum atomic E-state index is 6.11. The van der Waals surface area contributed by atoms with Gasteiger partial charge < -0.3 is 10.5 Å². The van der Waals surface area contributed by atoms with Crippen LogP contribution < -0.4 is 10.5 Å². The van der Waals surface area contributed by atoms with Gasteiger partial charge in [0.15, 0.2) is 0 Å². The van der Waals surface area contributed by atoms with Crippen LogP contribution in [0.15, 0.2) is 40.2 Å². The van der Waals surface area contributed by atoms with Crippen molar-refractivity contribution in [2.75, 3.05) is 0 Å². The second-order valence-corrected chi connectivity index (χ2v) is 7.30. The van der Waals surface area contributed by atoms with Crippen LogP contribution in [0.1, 0.15) is 49.7 Å². The van der Waals surface area contributed by atoms with E-state index in [4.69, 9.17) is 10.5 Å². The van der Waals surface area contributed by atoms with Crippen molar-refractivity contribution < 1.29 is 4.74 Å². The lowest BCUT2D eigenvalue weighted by atomic mass is 9.99. The van der Waals surface area contributed by atoms with Gasteiger partial charge in [-0.1, -0.05) is 26.0 Å². The number of hydrogen-bond donors (Lipinski definition) is 1. The fourth-order valence-corrected chi connectivity index (χ4v) is 3.75. The number of halogens is 1. The molecule has 0 amide bonds. The first-order valence-electron chi connectivity index (χ1n) is 7.27. The summed E-state index contributed by atoms with van der Waals surface area (Å²) in [5.41, 5.74) is 7.44. The smallest absolute Gasteiger partial charge is 0.148 e. The predicted octanol–water partition coefficient (Wildman–Crippen LogP) is 5.49. The highest BCUT2D eigenvalue weighted by atomic mass is 79.9. The van der Waals surface area contributed by atoms with Crippen LogP contribution in [0, 0.1) is 0 Å². The summed E-state index contributed by atoms with van der Waals surface area (Å²) in [7, 11) is 0. The average Bonchev–Trinajstić information content (AvgIpc) is 2.90. The molecule has 0 aliphatic rings. The second kappa shape index (κ2) is 7.43. The van der Waals surface area contributed by atoms with Crippen molar-refractivity contribution in [3.8, 4) is 5.75 Å². The lowest BCUT2D eigenvalue weighted by Crippen LogP contribution is -2.28. The fourth-order valence-electron chi connectivity index (χ4n) is 2.16. The van der Waals surface area contributed by atoms with Crippen molar-refractivity contribution in [3.05, 3.63) is 50.6 Å². The molecule has 0 aliphatic heterocycles. The van der Waals surface area contributed by atoms with Gasteiger partial charge in [0.2, 0.25) is 0 Å². The van der Waals surface area contributed by atoms with Crippen LogP contribution in [-0.4, -0.2) is 6.04 Å². The molecule has 1 heterocycles. The second-order valence-electron chi connectivity index (χ2n) is 5.44. The number of rotatable bonds is 6. The molecule has 0 radical (unpaired) electrons. The molecule has 2 aromatic rings. The van der Waals surface area contributed by atoms with Crippen LogP contribution in [0.3, 0.4) is 0 Å². The zero-order chi connectivity index (χ0) is 15.4. The Labute approximate surface area is 139 Å². The van der Waals surface area contributed by atoms with Crippen LogP contribution in [0.5, 0.6) is 5.75 Å². The van der Waals surface area contributed by atoms with Gasteiger partial charge in [0.05, 0.1) is 0 Å². The first-order chi connectivity index (χ1) is 10.0. The molecule has 21 heavy (non-hydrogen) atoms. The van der Waals surface area contributed by atoms with E-state index in [-0.39, 0.29) is 12.1 Å². The molecule has 1 aromatic carbocycles. The van der Waals surface area contributed by atoms with Crippen LogP contribution in [-0.2, 0) is 0 Å². The van der Waals surface area contributed by atoms with Crippen molar-refractivity contribution in [1.29, 1.82) is 0 Å². The van der Waals surface area contributed by atoms with Gasteiger partial charge in [0.25, 0.3) is 0 Å². The zero-order valence-corrected chi connectivity index (χ0v) is 15.1. The van der Waals surface area contributed by atoms with Crippen molar-refractivity contribution in [2.24, 2.45) is 5.73 Å². The third kappa shape index (κ3) is 4.31. The van der Waals surface area contributed by atoms with Crippen LogP contribution >= 0.6 is 27.3 Å². The molecule has 0 saturated carbocycles. The first-order valence-corrected chi connectivity index (χ1v) is 8.94. The molecule has 0 spiro atoms. The van der Waals surface area contributed by atoms with Gasteiger partial charge in [-0.05, 0) is 59.0 Å². The molecule has 0 aliphatic carbocycles. The van der Waals surface area contributed by atoms with Crippen LogP contribution in [0.25, 0.3) is 0 Å². The summed E-state index contributed by atoms with van der Waals surface area (Å²) in [4.78, 5) is 1.14. The molecule has 2 nitrogen and oxygen atoms in total. The maximum absolute atomic E-state index is 6.11. The Morgan fingerprint density at radius 2 is 1.90 bits per heavy atom. The molecule has 3 unspecified atom stereocenters. The average molecular weight is 368 g/mol. The van der Waals surface area contributed by atoms with Gasteiger partial charge in [0.1, 0.15) is 11.9 Å². The number of hydrogen-bond acceptors (Lipinski definition) is 3. The number of ether oxygens (including phenoxy) is 1. The van der Waals surface area contributed by atoms with E-state index in [1.165, 1.54) is 5.56 Å². The molecule has 4 heteroatoms. The normalized spacial score (nSPS) is 15.5. The summed E-state index contributed by atoms with van der Waals surface area (Å²) in [6.45, 7) is 6.42. The summed E-state index contributed by atoms with van der Waals surface area (Å²) in [5, 5.41) is 2.06. The third-order valence-corrected chi connectivity index (χ3v) is 5.43. The van der Waals surface area contributed by atoms with Gasteiger partial charge in [-0.3, -0.25) is 0 Å². The van der Waals surface area contributed by atoms with Crippen LogP contribution in [0.2, 0.25) is 0 Å². The minimum Gasteiger partial charge on any atom is -0.483 e. The Bertz CT molecular complexity index is 564. The summed E-state index contributed by atoms with van der Waals surface area (Å²) in [6, 6.07) is 10.4. The number of thiophene rings is 1. The Hall–Kier alpha value is -0.840. The zero-order valence-electron chi connectivity index (χ0n) is 12.7. The lowest BCUT2D eigenvalue weighted by molar-refractivity contribution is 0.184. The quantitative estimate of drug-likeness (QED) is 0.732.